The first-order chi connectivity index (χ1) is 6.40. The number of carboxylic acids is 1. The van der Waals surface area contributed by atoms with E-state index in [2.05, 4.69) is 5.32 Å². The minimum absolute atomic E-state index is 0.0568. The Morgan fingerprint density at radius 3 is 2.21 bits per heavy atom. The fraction of sp³-hybridized carbons (Fsp3) is 0.778. The number of carbonyl (C=O) groups excluding carboxylic acids is 1. The number of amides is 2. The molecule has 5 heteroatoms. The molecule has 0 fully saturated rings. The molecule has 0 radical (unpaired) electrons. The third-order valence-corrected chi connectivity index (χ3v) is 2.10. The van der Waals surface area contributed by atoms with Crippen LogP contribution in [-0.2, 0) is 4.79 Å². The summed E-state index contributed by atoms with van der Waals surface area (Å²) in [5.41, 5.74) is 0. The third kappa shape index (κ3) is 3.64. The van der Waals surface area contributed by atoms with Gasteiger partial charge in [-0.2, -0.15) is 0 Å². The normalized spacial score (nSPS) is 12.4. The van der Waals surface area contributed by atoms with Gasteiger partial charge in [-0.05, 0) is 20.3 Å². The number of rotatable bonds is 4. The SMILES string of the molecule is CC[C@@H](NC(=O)N(C)C(C)C)C(=O)O. The first kappa shape index (κ1) is 12.7. The van der Waals surface area contributed by atoms with Crippen molar-refractivity contribution in [3.05, 3.63) is 0 Å². The molecule has 0 unspecified atom stereocenters. The van der Waals surface area contributed by atoms with Gasteiger partial charge >= 0.3 is 12.0 Å². The van der Waals surface area contributed by atoms with Crippen LogP contribution in [0.25, 0.3) is 0 Å². The minimum Gasteiger partial charge on any atom is -0.480 e. The molecule has 0 aromatic rings. The lowest BCUT2D eigenvalue weighted by Crippen LogP contribution is -2.48. The molecular formula is C9H18N2O3. The van der Waals surface area contributed by atoms with Gasteiger partial charge in [-0.15, -0.1) is 0 Å². The number of nitrogens with one attached hydrogen (secondary N) is 1. The predicted molar refractivity (Wildman–Crippen MR) is 53.1 cm³/mol. The first-order valence-electron chi connectivity index (χ1n) is 4.66. The third-order valence-electron chi connectivity index (χ3n) is 2.10. The highest BCUT2D eigenvalue weighted by Gasteiger charge is 2.20. The molecule has 0 spiro atoms. The Kier molecular flexibility index (Phi) is 4.97. The quantitative estimate of drug-likeness (QED) is 0.711. The van der Waals surface area contributed by atoms with Gasteiger partial charge in [0.2, 0.25) is 0 Å². The van der Waals surface area contributed by atoms with Crippen molar-refractivity contribution < 1.29 is 14.7 Å². The van der Waals surface area contributed by atoms with Crippen LogP contribution in [0.3, 0.4) is 0 Å². The zero-order chi connectivity index (χ0) is 11.3. The molecule has 0 rings (SSSR count). The van der Waals surface area contributed by atoms with Crippen molar-refractivity contribution in [2.75, 3.05) is 7.05 Å². The van der Waals surface area contributed by atoms with E-state index < -0.39 is 12.0 Å². The molecule has 0 aliphatic heterocycles. The Hall–Kier alpha value is -1.26. The second-order valence-corrected chi connectivity index (χ2v) is 3.45. The van der Waals surface area contributed by atoms with Crippen molar-refractivity contribution in [2.24, 2.45) is 0 Å². The summed E-state index contributed by atoms with van der Waals surface area (Å²) in [6.45, 7) is 5.44. The van der Waals surface area contributed by atoms with E-state index in [4.69, 9.17) is 5.11 Å². The summed E-state index contributed by atoms with van der Waals surface area (Å²) in [4.78, 5) is 23.5. The van der Waals surface area contributed by atoms with Crippen molar-refractivity contribution >= 4 is 12.0 Å². The number of hydrogen-bond donors (Lipinski definition) is 2. The van der Waals surface area contributed by atoms with E-state index in [1.54, 1.807) is 14.0 Å². The van der Waals surface area contributed by atoms with E-state index in [0.29, 0.717) is 6.42 Å². The largest absolute Gasteiger partial charge is 0.480 e. The van der Waals surface area contributed by atoms with Crippen LogP contribution >= 0.6 is 0 Å². The van der Waals surface area contributed by atoms with E-state index in [1.165, 1.54) is 4.90 Å². The summed E-state index contributed by atoms with van der Waals surface area (Å²) in [7, 11) is 1.63. The Morgan fingerprint density at radius 2 is 1.93 bits per heavy atom. The van der Waals surface area contributed by atoms with Crippen molar-refractivity contribution in [1.82, 2.24) is 10.2 Å². The zero-order valence-electron chi connectivity index (χ0n) is 9.07. The summed E-state index contributed by atoms with van der Waals surface area (Å²) in [6.07, 6.45) is 0.382. The van der Waals surface area contributed by atoms with Crippen molar-refractivity contribution in [3.8, 4) is 0 Å². The molecule has 0 aromatic carbocycles. The maximum absolute atomic E-state index is 11.4. The molecule has 0 bridgehead atoms. The van der Waals surface area contributed by atoms with Gasteiger partial charge in [-0.3, -0.25) is 0 Å². The highest BCUT2D eigenvalue weighted by molar-refractivity contribution is 5.82. The molecule has 1 atom stereocenters. The van der Waals surface area contributed by atoms with Gasteiger partial charge in [0, 0.05) is 13.1 Å². The maximum Gasteiger partial charge on any atom is 0.326 e. The van der Waals surface area contributed by atoms with Crippen LogP contribution in [-0.4, -0.2) is 41.1 Å². The Morgan fingerprint density at radius 1 is 1.43 bits per heavy atom. The van der Waals surface area contributed by atoms with Crippen molar-refractivity contribution in [3.63, 3.8) is 0 Å². The van der Waals surface area contributed by atoms with Gasteiger partial charge < -0.3 is 15.3 Å². The molecule has 82 valence electrons. The van der Waals surface area contributed by atoms with Crippen LogP contribution in [0, 0.1) is 0 Å². The monoisotopic (exact) mass is 202 g/mol. The van der Waals surface area contributed by atoms with E-state index in [0.717, 1.165) is 0 Å². The zero-order valence-corrected chi connectivity index (χ0v) is 9.07. The number of aliphatic carboxylic acids is 1. The molecule has 14 heavy (non-hydrogen) atoms. The van der Waals surface area contributed by atoms with Crippen LogP contribution in [0.15, 0.2) is 0 Å². The summed E-state index contributed by atoms with van der Waals surface area (Å²) in [5.74, 6) is -1.00. The van der Waals surface area contributed by atoms with E-state index in [1.807, 2.05) is 13.8 Å². The predicted octanol–water partition coefficient (Wildman–Crippen LogP) is 0.899. The lowest BCUT2D eigenvalue weighted by Gasteiger charge is -2.23. The van der Waals surface area contributed by atoms with Crippen molar-refractivity contribution in [1.29, 1.82) is 0 Å². The molecular weight excluding hydrogens is 184 g/mol. The van der Waals surface area contributed by atoms with Crippen LogP contribution < -0.4 is 5.32 Å². The highest BCUT2D eigenvalue weighted by Crippen LogP contribution is 1.97. The van der Waals surface area contributed by atoms with E-state index in [9.17, 15) is 9.59 Å². The van der Waals surface area contributed by atoms with E-state index in [-0.39, 0.29) is 12.1 Å². The van der Waals surface area contributed by atoms with Crippen molar-refractivity contribution in [2.45, 2.75) is 39.3 Å². The second-order valence-electron chi connectivity index (χ2n) is 3.45. The molecule has 2 amide bonds. The fourth-order valence-corrected chi connectivity index (χ4v) is 0.824. The van der Waals surface area contributed by atoms with Crippen LogP contribution in [0.2, 0.25) is 0 Å². The number of carbonyl (C=O) groups is 2. The number of urea groups is 1. The molecule has 0 aromatic heterocycles. The van der Waals surface area contributed by atoms with E-state index >= 15 is 0 Å². The van der Waals surface area contributed by atoms with Gasteiger partial charge in [0.05, 0.1) is 0 Å². The topological polar surface area (TPSA) is 69.6 Å². The van der Waals surface area contributed by atoms with Gasteiger partial charge in [0.25, 0.3) is 0 Å². The molecule has 0 saturated heterocycles. The summed E-state index contributed by atoms with van der Waals surface area (Å²) >= 11 is 0. The summed E-state index contributed by atoms with van der Waals surface area (Å²) in [5, 5.41) is 11.1. The average Bonchev–Trinajstić information content (AvgIpc) is 2.11. The lowest BCUT2D eigenvalue weighted by molar-refractivity contribution is -0.139. The van der Waals surface area contributed by atoms with Crippen LogP contribution in [0.5, 0.6) is 0 Å². The number of hydrogen-bond acceptors (Lipinski definition) is 2. The van der Waals surface area contributed by atoms with Gasteiger partial charge in [-0.25, -0.2) is 9.59 Å². The molecule has 0 saturated carbocycles. The first-order valence-corrected chi connectivity index (χ1v) is 4.66. The number of carboxylic acid groups (broad SMARTS) is 1. The minimum atomic E-state index is -1.00. The van der Waals surface area contributed by atoms with Gasteiger partial charge in [0.1, 0.15) is 6.04 Å². The summed E-state index contributed by atoms with van der Waals surface area (Å²) in [6, 6.07) is -1.10. The summed E-state index contributed by atoms with van der Waals surface area (Å²) < 4.78 is 0. The Balaban J connectivity index is 4.22. The smallest absolute Gasteiger partial charge is 0.326 e. The number of nitrogens with zero attached hydrogens (tertiary/aromatic N) is 1. The standard InChI is InChI=1S/C9H18N2O3/c1-5-7(8(12)13)10-9(14)11(4)6(2)3/h6-7H,5H2,1-4H3,(H,10,14)(H,12,13)/t7-/m1/s1. The molecule has 0 aliphatic carbocycles. The van der Waals surface area contributed by atoms with Gasteiger partial charge in [0.15, 0.2) is 0 Å². The Bertz CT molecular complexity index is 216. The van der Waals surface area contributed by atoms with Crippen LogP contribution in [0.4, 0.5) is 4.79 Å². The fourth-order valence-electron chi connectivity index (χ4n) is 0.824. The highest BCUT2D eigenvalue weighted by atomic mass is 16.4. The molecule has 2 N–H and O–H groups in total. The molecule has 5 nitrogen and oxygen atoms in total. The average molecular weight is 202 g/mol. The lowest BCUT2D eigenvalue weighted by atomic mass is 10.2. The van der Waals surface area contributed by atoms with Gasteiger partial charge in [-0.1, -0.05) is 6.92 Å². The molecule has 0 heterocycles. The van der Waals surface area contributed by atoms with Crippen LogP contribution in [0.1, 0.15) is 27.2 Å². The second kappa shape index (κ2) is 5.47. The maximum atomic E-state index is 11.4. The Labute approximate surface area is 84.1 Å². The molecule has 0 aliphatic rings.